The van der Waals surface area contributed by atoms with Crippen LogP contribution in [-0.4, -0.2) is 49.5 Å². The van der Waals surface area contributed by atoms with Crippen LogP contribution >= 0.6 is 0 Å². The summed E-state index contributed by atoms with van der Waals surface area (Å²) in [5.74, 6) is -0.699. The largest absolute Gasteiger partial charge is 0.350 e. The SMILES string of the molecule is CCc1ccccc1N(CC(=O)N(Cc1ccccc1)[C@H](CC)C(=O)NC(C)(C)C)S(C)(=O)=O. The molecule has 0 aliphatic heterocycles. The lowest BCUT2D eigenvalue weighted by molar-refractivity contribution is -0.141. The summed E-state index contributed by atoms with van der Waals surface area (Å²) in [5, 5.41) is 2.96. The summed E-state index contributed by atoms with van der Waals surface area (Å²) in [6.07, 6.45) is 2.11. The zero-order valence-corrected chi connectivity index (χ0v) is 21.9. The monoisotopic (exact) mass is 487 g/mol. The number of hydrogen-bond donors (Lipinski definition) is 1. The number of carbonyl (C=O) groups excluding carboxylic acids is 2. The molecule has 0 heterocycles. The van der Waals surface area contributed by atoms with Gasteiger partial charge in [-0.05, 0) is 50.8 Å². The zero-order valence-electron chi connectivity index (χ0n) is 21.0. The van der Waals surface area contributed by atoms with E-state index in [1.54, 1.807) is 12.1 Å². The molecule has 0 saturated heterocycles. The number of hydrogen-bond acceptors (Lipinski definition) is 4. The predicted octanol–water partition coefficient (Wildman–Crippen LogP) is 3.74. The summed E-state index contributed by atoms with van der Waals surface area (Å²) in [7, 11) is -3.75. The lowest BCUT2D eigenvalue weighted by Crippen LogP contribution is -2.55. The minimum absolute atomic E-state index is 0.197. The minimum Gasteiger partial charge on any atom is -0.350 e. The molecular weight excluding hydrogens is 450 g/mol. The van der Waals surface area contributed by atoms with Gasteiger partial charge in [-0.15, -0.1) is 0 Å². The molecule has 2 rings (SSSR count). The standard InChI is InChI=1S/C26H37N3O4S/c1-7-21-16-12-13-17-23(21)29(34(6,32)33)19-24(30)28(18-20-14-10-9-11-15-20)22(8-2)25(31)27-26(3,4)5/h9-17,22H,7-8,18-19H2,1-6H3,(H,27,31)/t22-/m1/s1. The van der Waals surface area contributed by atoms with Crippen molar-refractivity contribution in [2.45, 2.75) is 65.6 Å². The molecule has 34 heavy (non-hydrogen) atoms. The third-order valence-corrected chi connectivity index (χ3v) is 6.53. The van der Waals surface area contributed by atoms with E-state index in [2.05, 4.69) is 5.32 Å². The Morgan fingerprint density at radius 3 is 2.09 bits per heavy atom. The number of anilines is 1. The van der Waals surface area contributed by atoms with Crippen LogP contribution in [0.2, 0.25) is 0 Å². The Hall–Kier alpha value is -2.87. The summed E-state index contributed by atoms with van der Waals surface area (Å²) in [4.78, 5) is 28.3. The first-order valence-corrected chi connectivity index (χ1v) is 13.4. The summed E-state index contributed by atoms with van der Waals surface area (Å²) in [6.45, 7) is 9.24. The van der Waals surface area contributed by atoms with Crippen molar-refractivity contribution in [2.24, 2.45) is 0 Å². The van der Waals surface area contributed by atoms with Gasteiger partial charge in [0.1, 0.15) is 12.6 Å². The lowest BCUT2D eigenvalue weighted by atomic mass is 10.1. The average molecular weight is 488 g/mol. The van der Waals surface area contributed by atoms with E-state index in [0.717, 1.165) is 21.7 Å². The smallest absolute Gasteiger partial charge is 0.244 e. The van der Waals surface area contributed by atoms with Crippen LogP contribution in [0.15, 0.2) is 54.6 Å². The summed E-state index contributed by atoms with van der Waals surface area (Å²) in [6, 6.07) is 15.8. The van der Waals surface area contributed by atoms with E-state index in [9.17, 15) is 18.0 Å². The normalized spacial score (nSPS) is 12.6. The van der Waals surface area contributed by atoms with E-state index in [-0.39, 0.29) is 19.0 Å². The molecule has 0 radical (unpaired) electrons. The molecular formula is C26H37N3O4S. The molecule has 1 N–H and O–H groups in total. The van der Waals surface area contributed by atoms with E-state index in [4.69, 9.17) is 0 Å². The predicted molar refractivity (Wildman–Crippen MR) is 137 cm³/mol. The highest BCUT2D eigenvalue weighted by atomic mass is 32.2. The van der Waals surface area contributed by atoms with Crippen LogP contribution in [0.1, 0.15) is 52.2 Å². The quantitative estimate of drug-likeness (QED) is 0.553. The van der Waals surface area contributed by atoms with Gasteiger partial charge >= 0.3 is 0 Å². The topological polar surface area (TPSA) is 86.8 Å². The van der Waals surface area contributed by atoms with Crippen LogP contribution in [0.3, 0.4) is 0 Å². The van der Waals surface area contributed by atoms with Gasteiger partial charge in [-0.25, -0.2) is 8.42 Å². The third-order valence-electron chi connectivity index (χ3n) is 5.40. The Balaban J connectivity index is 2.47. The molecule has 0 aliphatic rings. The number of carbonyl (C=O) groups is 2. The Morgan fingerprint density at radius 2 is 1.56 bits per heavy atom. The number of aryl methyl sites for hydroxylation is 1. The third kappa shape index (κ3) is 7.58. The Kier molecular flexibility index (Phi) is 9.27. The molecule has 8 heteroatoms. The summed E-state index contributed by atoms with van der Waals surface area (Å²) in [5.41, 5.74) is 1.70. The van der Waals surface area contributed by atoms with Gasteiger partial charge < -0.3 is 10.2 Å². The molecule has 0 aliphatic carbocycles. The number of rotatable bonds is 10. The van der Waals surface area contributed by atoms with Gasteiger partial charge in [-0.3, -0.25) is 13.9 Å². The van der Waals surface area contributed by atoms with Crippen molar-refractivity contribution in [3.63, 3.8) is 0 Å². The molecule has 1 atom stereocenters. The molecule has 186 valence electrons. The Labute approximate surface area is 204 Å². The van der Waals surface area contributed by atoms with Crippen LogP contribution in [-0.2, 0) is 32.6 Å². The summed E-state index contributed by atoms with van der Waals surface area (Å²) < 4.78 is 26.6. The number of nitrogens with zero attached hydrogens (tertiary/aromatic N) is 2. The molecule has 7 nitrogen and oxygen atoms in total. The van der Waals surface area contributed by atoms with Gasteiger partial charge in [-0.2, -0.15) is 0 Å². The van der Waals surface area contributed by atoms with Crippen molar-refractivity contribution in [2.75, 3.05) is 17.1 Å². The van der Waals surface area contributed by atoms with Crippen molar-refractivity contribution in [3.05, 3.63) is 65.7 Å². The number of benzene rings is 2. The van der Waals surface area contributed by atoms with Crippen molar-refractivity contribution < 1.29 is 18.0 Å². The van der Waals surface area contributed by atoms with E-state index < -0.39 is 27.5 Å². The summed E-state index contributed by atoms with van der Waals surface area (Å²) >= 11 is 0. The van der Waals surface area contributed by atoms with Crippen LogP contribution in [0, 0.1) is 0 Å². The Bertz CT molecular complexity index is 1080. The molecule has 0 spiro atoms. The van der Waals surface area contributed by atoms with E-state index >= 15 is 0 Å². The molecule has 2 amide bonds. The van der Waals surface area contributed by atoms with Crippen molar-refractivity contribution >= 4 is 27.5 Å². The van der Waals surface area contributed by atoms with Crippen molar-refractivity contribution in [1.82, 2.24) is 10.2 Å². The highest BCUT2D eigenvalue weighted by Gasteiger charge is 2.33. The first kappa shape index (κ1) is 27.4. The number of sulfonamides is 1. The highest BCUT2D eigenvalue weighted by Crippen LogP contribution is 2.24. The molecule has 2 aromatic carbocycles. The van der Waals surface area contributed by atoms with E-state index in [1.807, 2.05) is 77.1 Å². The average Bonchev–Trinajstić information content (AvgIpc) is 2.76. The van der Waals surface area contributed by atoms with Gasteiger partial charge in [0, 0.05) is 12.1 Å². The molecule has 0 fully saturated rings. The van der Waals surface area contributed by atoms with Crippen LogP contribution in [0.5, 0.6) is 0 Å². The number of para-hydroxylation sites is 1. The first-order valence-electron chi connectivity index (χ1n) is 11.6. The van der Waals surface area contributed by atoms with Crippen molar-refractivity contribution in [1.29, 1.82) is 0 Å². The molecule has 2 aromatic rings. The molecule has 0 saturated carbocycles. The maximum Gasteiger partial charge on any atom is 0.244 e. The van der Waals surface area contributed by atoms with Gasteiger partial charge in [0.05, 0.1) is 11.9 Å². The van der Waals surface area contributed by atoms with E-state index in [0.29, 0.717) is 18.5 Å². The zero-order chi connectivity index (χ0) is 25.5. The fourth-order valence-corrected chi connectivity index (χ4v) is 4.68. The first-order chi connectivity index (χ1) is 15.9. The van der Waals surface area contributed by atoms with Crippen LogP contribution < -0.4 is 9.62 Å². The molecule has 0 bridgehead atoms. The molecule has 0 unspecified atom stereocenters. The fourth-order valence-electron chi connectivity index (χ4n) is 3.80. The second kappa shape index (κ2) is 11.5. The van der Waals surface area contributed by atoms with Gasteiger partial charge in [-0.1, -0.05) is 62.4 Å². The Morgan fingerprint density at radius 1 is 0.971 bits per heavy atom. The second-order valence-corrected chi connectivity index (χ2v) is 11.3. The molecule has 0 aromatic heterocycles. The van der Waals surface area contributed by atoms with Crippen molar-refractivity contribution in [3.8, 4) is 0 Å². The van der Waals surface area contributed by atoms with Crippen LogP contribution in [0.25, 0.3) is 0 Å². The second-order valence-electron chi connectivity index (χ2n) is 9.42. The maximum atomic E-state index is 13.7. The minimum atomic E-state index is -3.75. The van der Waals surface area contributed by atoms with Crippen LogP contribution in [0.4, 0.5) is 5.69 Å². The van der Waals surface area contributed by atoms with E-state index in [1.165, 1.54) is 4.90 Å². The van der Waals surface area contributed by atoms with Gasteiger partial charge in [0.2, 0.25) is 21.8 Å². The lowest BCUT2D eigenvalue weighted by Gasteiger charge is -2.34. The fraction of sp³-hybridized carbons (Fsp3) is 0.462. The van der Waals surface area contributed by atoms with Gasteiger partial charge in [0.15, 0.2) is 0 Å². The number of nitrogens with one attached hydrogen (secondary N) is 1. The maximum absolute atomic E-state index is 13.7. The number of amides is 2. The highest BCUT2D eigenvalue weighted by molar-refractivity contribution is 7.92. The van der Waals surface area contributed by atoms with Gasteiger partial charge in [0.25, 0.3) is 0 Å².